The summed E-state index contributed by atoms with van der Waals surface area (Å²) in [4.78, 5) is 4.09. The first kappa shape index (κ1) is 25.0. The summed E-state index contributed by atoms with van der Waals surface area (Å²) < 4.78 is 82.4. The van der Waals surface area contributed by atoms with Crippen LogP contribution in [0.4, 0.5) is 17.1 Å². The van der Waals surface area contributed by atoms with E-state index in [1.807, 2.05) is 18.2 Å². The standard InChI is InChI=1S/C26H20F4N2O5S/c27-15-6-14(34-10-13-4-2-1-3-5-13)7-16(28)23(15)24-17(29)8-19-18(31-24)9-22(32(19)38-30)37-21-12-36-25-20(33)11-35-26(21)25/h1-9,20-21,25-26,33H,10-12H2/t20-,21-,25?,26-/m1/s1. The fourth-order valence-corrected chi connectivity index (χ4v) is 5.07. The van der Waals surface area contributed by atoms with Crippen LogP contribution in [0.2, 0.25) is 0 Å². The molecule has 2 aromatic carbocycles. The van der Waals surface area contributed by atoms with E-state index in [-0.39, 0.29) is 54.8 Å². The summed E-state index contributed by atoms with van der Waals surface area (Å²) in [6.07, 6.45) is -2.58. The molecule has 2 aromatic heterocycles. The zero-order valence-electron chi connectivity index (χ0n) is 19.5. The molecule has 1 unspecified atom stereocenters. The summed E-state index contributed by atoms with van der Waals surface area (Å²) in [6.45, 7) is 0.263. The topological polar surface area (TPSA) is 75.0 Å². The van der Waals surface area contributed by atoms with E-state index in [0.717, 1.165) is 27.7 Å². The Morgan fingerprint density at radius 3 is 2.45 bits per heavy atom. The van der Waals surface area contributed by atoms with Gasteiger partial charge in [-0.1, -0.05) is 30.3 Å². The Kier molecular flexibility index (Phi) is 6.64. The minimum absolute atomic E-state index is 0.000205. The first-order valence-electron chi connectivity index (χ1n) is 11.7. The van der Waals surface area contributed by atoms with Crippen LogP contribution in [0.15, 0.2) is 54.6 Å². The van der Waals surface area contributed by atoms with Gasteiger partial charge in [0.1, 0.15) is 48.0 Å². The van der Waals surface area contributed by atoms with Gasteiger partial charge >= 0.3 is 0 Å². The van der Waals surface area contributed by atoms with Gasteiger partial charge in [-0.2, -0.15) is 0 Å². The minimum atomic E-state index is -1.07. The Labute approximate surface area is 218 Å². The monoisotopic (exact) mass is 548 g/mol. The number of fused-ring (bicyclic) bond motifs is 2. The lowest BCUT2D eigenvalue weighted by Gasteiger charge is -2.17. The van der Waals surface area contributed by atoms with Gasteiger partial charge in [-0.15, -0.1) is 3.89 Å². The Hall–Kier alpha value is -3.32. The van der Waals surface area contributed by atoms with Gasteiger partial charge < -0.3 is 24.1 Å². The zero-order chi connectivity index (χ0) is 26.4. The smallest absolute Gasteiger partial charge is 0.209 e. The van der Waals surface area contributed by atoms with E-state index in [9.17, 15) is 8.99 Å². The lowest BCUT2D eigenvalue weighted by molar-refractivity contribution is 0.00776. The van der Waals surface area contributed by atoms with Gasteiger partial charge in [0.25, 0.3) is 0 Å². The second-order valence-electron chi connectivity index (χ2n) is 8.92. The molecule has 38 heavy (non-hydrogen) atoms. The second-order valence-corrected chi connectivity index (χ2v) is 9.43. The quantitative estimate of drug-likeness (QED) is 0.327. The first-order valence-corrected chi connectivity index (χ1v) is 12.4. The van der Waals surface area contributed by atoms with Crippen LogP contribution in [0.1, 0.15) is 5.56 Å². The van der Waals surface area contributed by atoms with Crippen LogP contribution in [-0.4, -0.2) is 51.7 Å². The normalized spacial score (nSPS) is 22.7. The maximum absolute atomic E-state index is 15.1. The number of halogens is 4. The summed E-state index contributed by atoms with van der Waals surface area (Å²) >= 11 is -0.248. The van der Waals surface area contributed by atoms with Crippen molar-refractivity contribution in [1.82, 2.24) is 8.96 Å². The predicted octanol–water partition coefficient (Wildman–Crippen LogP) is 4.99. The molecule has 0 amide bonds. The number of aromatic nitrogens is 2. The van der Waals surface area contributed by atoms with E-state index < -0.39 is 53.1 Å². The van der Waals surface area contributed by atoms with Crippen molar-refractivity contribution in [3.63, 3.8) is 0 Å². The number of benzene rings is 2. The van der Waals surface area contributed by atoms with Crippen molar-refractivity contribution < 1.29 is 41.1 Å². The van der Waals surface area contributed by atoms with Gasteiger partial charge in [-0.25, -0.2) is 22.1 Å². The van der Waals surface area contributed by atoms with Crippen molar-refractivity contribution in [3.05, 3.63) is 77.6 Å². The van der Waals surface area contributed by atoms with Crippen molar-refractivity contribution in [2.75, 3.05) is 13.2 Å². The average molecular weight is 549 g/mol. The molecule has 198 valence electrons. The molecule has 0 bridgehead atoms. The van der Waals surface area contributed by atoms with Crippen molar-refractivity contribution in [2.45, 2.75) is 31.0 Å². The third kappa shape index (κ3) is 4.47. The zero-order valence-corrected chi connectivity index (χ0v) is 20.3. The number of rotatable bonds is 7. The number of ether oxygens (including phenoxy) is 4. The maximum Gasteiger partial charge on any atom is 0.209 e. The minimum Gasteiger partial charge on any atom is -0.489 e. The van der Waals surface area contributed by atoms with Crippen LogP contribution in [0.5, 0.6) is 11.6 Å². The summed E-state index contributed by atoms with van der Waals surface area (Å²) in [5.74, 6) is -3.29. The SMILES string of the molecule is O[C@@H]1CO[C@H]2C1OC[C@H]2Oc1cc2nc(-c3c(F)cc(OCc4ccccc4)cc3F)c(F)cc2n1SF. The molecule has 4 heterocycles. The van der Waals surface area contributed by atoms with E-state index in [0.29, 0.717) is 0 Å². The average Bonchev–Trinajstić information content (AvgIpc) is 3.58. The Morgan fingerprint density at radius 2 is 1.71 bits per heavy atom. The highest BCUT2D eigenvalue weighted by Gasteiger charge is 2.48. The Bertz CT molecular complexity index is 1460. The number of pyridine rings is 1. The van der Waals surface area contributed by atoms with Crippen LogP contribution >= 0.6 is 12.3 Å². The largest absolute Gasteiger partial charge is 0.489 e. The number of aliphatic hydroxyl groups is 1. The molecule has 6 rings (SSSR count). The van der Waals surface area contributed by atoms with E-state index in [2.05, 4.69) is 4.98 Å². The second kappa shape index (κ2) is 10.1. The highest BCUT2D eigenvalue weighted by atomic mass is 32.2. The fourth-order valence-electron chi connectivity index (χ4n) is 4.69. The van der Waals surface area contributed by atoms with Gasteiger partial charge in [0, 0.05) is 24.3 Å². The van der Waals surface area contributed by atoms with E-state index in [1.54, 1.807) is 12.1 Å². The highest BCUT2D eigenvalue weighted by Crippen LogP contribution is 2.37. The molecule has 0 aliphatic carbocycles. The highest BCUT2D eigenvalue weighted by molar-refractivity contribution is 7.93. The molecule has 2 fully saturated rings. The van der Waals surface area contributed by atoms with E-state index in [1.165, 1.54) is 6.07 Å². The van der Waals surface area contributed by atoms with Crippen LogP contribution in [0.3, 0.4) is 0 Å². The molecule has 1 N–H and O–H groups in total. The molecule has 2 saturated heterocycles. The molecule has 7 nitrogen and oxygen atoms in total. The van der Waals surface area contributed by atoms with Crippen molar-refractivity contribution in [1.29, 1.82) is 0 Å². The van der Waals surface area contributed by atoms with Crippen molar-refractivity contribution >= 4 is 23.4 Å². The fraction of sp³-hybridized carbons (Fsp3) is 0.269. The third-order valence-corrected chi connectivity index (χ3v) is 7.00. The maximum atomic E-state index is 15.1. The molecule has 0 saturated carbocycles. The third-order valence-electron chi connectivity index (χ3n) is 6.49. The molecule has 0 radical (unpaired) electrons. The van der Waals surface area contributed by atoms with Crippen molar-refractivity contribution in [3.8, 4) is 22.9 Å². The summed E-state index contributed by atoms with van der Waals surface area (Å²) in [6, 6.07) is 13.2. The number of aliphatic hydroxyl groups excluding tert-OH is 1. The molecular formula is C26H20F4N2O5S. The van der Waals surface area contributed by atoms with Crippen LogP contribution in [0.25, 0.3) is 22.3 Å². The first-order chi connectivity index (χ1) is 18.4. The van der Waals surface area contributed by atoms with Gasteiger partial charge in [-0.3, -0.25) is 0 Å². The van der Waals surface area contributed by atoms with Gasteiger partial charge in [0.15, 0.2) is 24.3 Å². The Morgan fingerprint density at radius 1 is 0.974 bits per heavy atom. The van der Waals surface area contributed by atoms with Crippen molar-refractivity contribution in [2.24, 2.45) is 0 Å². The number of nitrogens with zero attached hydrogens (tertiary/aromatic N) is 2. The molecule has 4 atom stereocenters. The van der Waals surface area contributed by atoms with Gasteiger partial charge in [-0.05, 0) is 5.56 Å². The lowest BCUT2D eigenvalue weighted by atomic mass is 10.1. The molecular weight excluding hydrogens is 528 g/mol. The molecule has 4 aromatic rings. The van der Waals surface area contributed by atoms with Crippen LogP contribution in [-0.2, 0) is 16.1 Å². The summed E-state index contributed by atoms with van der Waals surface area (Å²) in [5, 5.41) is 9.92. The van der Waals surface area contributed by atoms with E-state index >= 15 is 13.2 Å². The summed E-state index contributed by atoms with van der Waals surface area (Å²) in [5.41, 5.74) is -0.409. The van der Waals surface area contributed by atoms with E-state index in [4.69, 9.17) is 18.9 Å². The molecule has 2 aliphatic heterocycles. The van der Waals surface area contributed by atoms with Gasteiger partial charge in [0.05, 0.1) is 29.8 Å². The number of hydrogen-bond acceptors (Lipinski definition) is 7. The Balaban J connectivity index is 1.30. The predicted molar refractivity (Wildman–Crippen MR) is 130 cm³/mol. The molecule has 2 aliphatic rings. The summed E-state index contributed by atoms with van der Waals surface area (Å²) in [7, 11) is 0. The van der Waals surface area contributed by atoms with Crippen LogP contribution in [0, 0.1) is 17.5 Å². The molecule has 0 spiro atoms. The van der Waals surface area contributed by atoms with Gasteiger partial charge in [0.2, 0.25) is 5.88 Å². The number of hydrogen-bond donors (Lipinski definition) is 1. The van der Waals surface area contributed by atoms with Crippen LogP contribution < -0.4 is 9.47 Å². The molecule has 12 heteroatoms. The lowest BCUT2D eigenvalue weighted by Crippen LogP contribution is -2.34.